The molecule has 2 N–H and O–H groups in total. The van der Waals surface area contributed by atoms with Crippen LogP contribution < -0.4 is 14.8 Å². The molecule has 1 aromatic carbocycles. The number of amides is 2. The van der Waals surface area contributed by atoms with Crippen molar-refractivity contribution in [2.45, 2.75) is 32.9 Å². The smallest absolute Gasteiger partial charge is 0.317 e. The van der Waals surface area contributed by atoms with Crippen LogP contribution in [-0.4, -0.2) is 43.3 Å². The van der Waals surface area contributed by atoms with E-state index in [1.807, 2.05) is 0 Å². The normalized spacial score (nSPS) is 17.0. The molecule has 0 aliphatic carbocycles. The molecule has 0 aromatic heterocycles. The topological polar surface area (TPSA) is 71.0 Å². The molecule has 0 radical (unpaired) electrons. The molecule has 1 heterocycles. The molecule has 6 heteroatoms. The number of nitrogens with zero attached hydrogens (tertiary/aromatic N) is 1. The Morgan fingerprint density at radius 1 is 1.35 bits per heavy atom. The van der Waals surface area contributed by atoms with E-state index in [1.54, 1.807) is 31.3 Å². The van der Waals surface area contributed by atoms with Gasteiger partial charge in [-0.2, -0.15) is 0 Å². The maximum atomic E-state index is 12.3. The molecule has 0 saturated carbocycles. The summed E-state index contributed by atoms with van der Waals surface area (Å²) in [7, 11) is 3.15. The number of aliphatic hydroxyl groups is 1. The fraction of sp³-hybridized carbons (Fsp3) is 0.588. The van der Waals surface area contributed by atoms with Crippen LogP contribution in [-0.2, 0) is 6.54 Å². The summed E-state index contributed by atoms with van der Waals surface area (Å²) in [6.07, 6.45) is 0.134. The molecule has 1 atom stereocenters. The Morgan fingerprint density at radius 2 is 2.00 bits per heavy atom. The molecule has 1 aliphatic rings. The van der Waals surface area contributed by atoms with E-state index in [4.69, 9.17) is 9.47 Å². The molecule has 0 spiro atoms. The molecule has 23 heavy (non-hydrogen) atoms. The molecule has 6 nitrogen and oxygen atoms in total. The van der Waals surface area contributed by atoms with E-state index in [9.17, 15) is 9.90 Å². The number of nitrogens with one attached hydrogen (secondary N) is 1. The van der Waals surface area contributed by atoms with Crippen molar-refractivity contribution in [3.05, 3.63) is 23.3 Å². The maximum Gasteiger partial charge on any atom is 0.317 e. The summed E-state index contributed by atoms with van der Waals surface area (Å²) in [5.41, 5.74) is 1.50. The lowest BCUT2D eigenvalue weighted by Crippen LogP contribution is -2.44. The fourth-order valence-electron chi connectivity index (χ4n) is 2.81. The van der Waals surface area contributed by atoms with E-state index < -0.39 is 6.10 Å². The highest BCUT2D eigenvalue weighted by atomic mass is 16.5. The summed E-state index contributed by atoms with van der Waals surface area (Å²) in [5.74, 6) is 1.81. The number of carbonyl (C=O) groups is 1. The van der Waals surface area contributed by atoms with Crippen LogP contribution in [0.3, 0.4) is 0 Å². The first-order valence-corrected chi connectivity index (χ1v) is 7.92. The van der Waals surface area contributed by atoms with Gasteiger partial charge in [0.15, 0.2) is 0 Å². The molecular weight excluding hydrogens is 296 g/mol. The van der Waals surface area contributed by atoms with Gasteiger partial charge >= 0.3 is 6.03 Å². The highest BCUT2D eigenvalue weighted by molar-refractivity contribution is 5.75. The highest BCUT2D eigenvalue weighted by Gasteiger charge is 2.31. The molecular formula is C17H26N2O4. The van der Waals surface area contributed by atoms with Gasteiger partial charge in [-0.05, 0) is 24.5 Å². The molecule has 2 rings (SSSR count). The third-order valence-corrected chi connectivity index (χ3v) is 4.07. The average Bonchev–Trinajstić information content (AvgIpc) is 2.53. The van der Waals surface area contributed by atoms with Crippen LogP contribution in [0.15, 0.2) is 12.1 Å². The number of aliphatic hydroxyl groups excluding tert-OH is 1. The predicted octanol–water partition coefficient (Wildman–Crippen LogP) is 2.31. The van der Waals surface area contributed by atoms with E-state index in [0.29, 0.717) is 36.1 Å². The van der Waals surface area contributed by atoms with E-state index in [1.165, 1.54) is 0 Å². The van der Waals surface area contributed by atoms with Crippen molar-refractivity contribution in [2.24, 2.45) is 5.92 Å². The van der Waals surface area contributed by atoms with Gasteiger partial charge in [-0.15, -0.1) is 0 Å². The van der Waals surface area contributed by atoms with E-state index in [-0.39, 0.29) is 12.6 Å². The maximum absolute atomic E-state index is 12.3. The van der Waals surface area contributed by atoms with Crippen molar-refractivity contribution in [2.75, 3.05) is 27.3 Å². The first-order valence-electron chi connectivity index (χ1n) is 7.92. The van der Waals surface area contributed by atoms with Crippen molar-refractivity contribution >= 4 is 6.03 Å². The Kier molecular flexibility index (Phi) is 5.71. The summed E-state index contributed by atoms with van der Waals surface area (Å²) in [6.45, 7) is 5.49. The number of carbonyl (C=O) groups excluding carboxylic acids is 1. The fourth-order valence-corrected chi connectivity index (χ4v) is 2.81. The van der Waals surface area contributed by atoms with E-state index >= 15 is 0 Å². The largest absolute Gasteiger partial charge is 0.496 e. The number of hydrogen-bond donors (Lipinski definition) is 2. The second kappa shape index (κ2) is 7.55. The lowest BCUT2D eigenvalue weighted by Gasteiger charge is -2.34. The summed E-state index contributed by atoms with van der Waals surface area (Å²) in [4.78, 5) is 13.9. The Morgan fingerprint density at radius 3 is 2.61 bits per heavy atom. The molecule has 0 bridgehead atoms. The summed E-state index contributed by atoms with van der Waals surface area (Å²) < 4.78 is 10.7. The van der Waals surface area contributed by atoms with Crippen molar-refractivity contribution in [3.8, 4) is 11.5 Å². The standard InChI is InChI=1S/C17H26N2O4/c1-11(2)7-8-18-17(21)19-9-12-14(22-3)5-6-15(23-4)16(12)13(20)10-19/h5-6,11,13,20H,7-10H2,1-4H3,(H,18,21). The molecule has 1 aliphatic heterocycles. The Labute approximate surface area is 137 Å². The Hall–Kier alpha value is -1.95. The highest BCUT2D eigenvalue weighted by Crippen LogP contribution is 2.39. The number of hydrogen-bond acceptors (Lipinski definition) is 4. The Balaban J connectivity index is 2.17. The van der Waals surface area contributed by atoms with Crippen molar-refractivity contribution in [3.63, 3.8) is 0 Å². The average molecular weight is 322 g/mol. The molecule has 0 saturated heterocycles. The molecule has 0 fully saturated rings. The first kappa shape index (κ1) is 17.4. The van der Waals surface area contributed by atoms with Crippen LogP contribution >= 0.6 is 0 Å². The minimum atomic E-state index is -0.792. The van der Waals surface area contributed by atoms with Crippen LogP contribution in [0.25, 0.3) is 0 Å². The molecule has 1 unspecified atom stereocenters. The number of β-amino-alcohol motifs (C(OH)–C–C–N with tert-alkyl or cyclic N) is 1. The molecule has 2 amide bonds. The van der Waals surface area contributed by atoms with Crippen LogP contribution in [0.5, 0.6) is 11.5 Å². The van der Waals surface area contributed by atoms with Crippen LogP contribution in [0, 0.1) is 5.92 Å². The summed E-state index contributed by atoms with van der Waals surface area (Å²) in [6, 6.07) is 3.41. The van der Waals surface area contributed by atoms with Gasteiger partial charge in [0.1, 0.15) is 17.6 Å². The Bertz CT molecular complexity index is 560. The van der Waals surface area contributed by atoms with Gasteiger partial charge in [0.05, 0.1) is 27.3 Å². The van der Waals surface area contributed by atoms with E-state index in [0.717, 1.165) is 12.0 Å². The zero-order chi connectivity index (χ0) is 17.0. The zero-order valence-corrected chi connectivity index (χ0v) is 14.3. The number of ether oxygens (including phenoxy) is 2. The van der Waals surface area contributed by atoms with Crippen molar-refractivity contribution < 1.29 is 19.4 Å². The lowest BCUT2D eigenvalue weighted by molar-refractivity contribution is 0.100. The van der Waals surface area contributed by atoms with Gasteiger partial charge in [-0.1, -0.05) is 13.8 Å². The van der Waals surface area contributed by atoms with Gasteiger partial charge in [0.25, 0.3) is 0 Å². The minimum absolute atomic E-state index is 0.166. The van der Waals surface area contributed by atoms with Crippen molar-refractivity contribution in [1.29, 1.82) is 0 Å². The second-order valence-corrected chi connectivity index (χ2v) is 6.17. The summed E-state index contributed by atoms with van der Waals surface area (Å²) in [5, 5.41) is 13.4. The van der Waals surface area contributed by atoms with Crippen LogP contribution in [0.1, 0.15) is 37.5 Å². The molecule has 128 valence electrons. The van der Waals surface area contributed by atoms with Crippen LogP contribution in [0.4, 0.5) is 4.79 Å². The van der Waals surface area contributed by atoms with Gasteiger partial charge in [0, 0.05) is 17.7 Å². The number of benzene rings is 1. The van der Waals surface area contributed by atoms with Crippen LogP contribution in [0.2, 0.25) is 0 Å². The van der Waals surface area contributed by atoms with Gasteiger partial charge in [-0.25, -0.2) is 4.79 Å². The van der Waals surface area contributed by atoms with Crippen molar-refractivity contribution in [1.82, 2.24) is 10.2 Å². The monoisotopic (exact) mass is 322 g/mol. The lowest BCUT2D eigenvalue weighted by atomic mass is 9.95. The van der Waals surface area contributed by atoms with Gasteiger partial charge in [-0.3, -0.25) is 0 Å². The number of fused-ring (bicyclic) bond motifs is 1. The van der Waals surface area contributed by atoms with Gasteiger partial charge < -0.3 is 24.8 Å². The predicted molar refractivity (Wildman–Crippen MR) is 87.8 cm³/mol. The summed E-state index contributed by atoms with van der Waals surface area (Å²) >= 11 is 0. The SMILES string of the molecule is COc1ccc(OC)c2c1CN(C(=O)NCCC(C)C)CC2O. The quantitative estimate of drug-likeness (QED) is 0.873. The van der Waals surface area contributed by atoms with Gasteiger partial charge in [0.2, 0.25) is 0 Å². The van der Waals surface area contributed by atoms with E-state index in [2.05, 4.69) is 19.2 Å². The number of methoxy groups -OCH3 is 2. The molecule has 1 aromatic rings. The number of rotatable bonds is 5. The number of urea groups is 1. The third-order valence-electron chi connectivity index (χ3n) is 4.07. The minimum Gasteiger partial charge on any atom is -0.496 e. The first-order chi connectivity index (χ1) is 11.0. The zero-order valence-electron chi connectivity index (χ0n) is 14.3. The third kappa shape index (κ3) is 3.88. The second-order valence-electron chi connectivity index (χ2n) is 6.17.